The lowest BCUT2D eigenvalue weighted by Crippen LogP contribution is -2.38. The molecule has 0 radical (unpaired) electrons. The van der Waals surface area contributed by atoms with Crippen molar-refractivity contribution < 1.29 is 29.3 Å². The van der Waals surface area contributed by atoms with Crippen molar-refractivity contribution in [1.82, 2.24) is 9.80 Å². The van der Waals surface area contributed by atoms with E-state index in [9.17, 15) is 19.8 Å². The van der Waals surface area contributed by atoms with E-state index in [2.05, 4.69) is 37.5 Å². The van der Waals surface area contributed by atoms with Crippen molar-refractivity contribution in [2.24, 2.45) is 11.8 Å². The lowest BCUT2D eigenvalue weighted by molar-refractivity contribution is -0.150. The highest BCUT2D eigenvalue weighted by Crippen LogP contribution is 2.22. The molecule has 0 fully saturated rings. The predicted octanol–water partition coefficient (Wildman–Crippen LogP) is 11.7. The monoisotopic (exact) mass is 797 g/mol. The van der Waals surface area contributed by atoms with Crippen molar-refractivity contribution in [2.45, 2.75) is 220 Å². The largest absolute Gasteiger partial charge is 0.465 e. The molecule has 0 rings (SSSR count). The summed E-state index contributed by atoms with van der Waals surface area (Å²) in [6.45, 7) is 15.0. The van der Waals surface area contributed by atoms with E-state index >= 15 is 0 Å². The lowest BCUT2D eigenvalue weighted by Gasteiger charge is -2.27. The van der Waals surface area contributed by atoms with Gasteiger partial charge in [0, 0.05) is 26.2 Å². The quantitative estimate of drug-likeness (QED) is 0.0464. The normalized spacial score (nSPS) is 12.8. The molecular formula is C48H96N2O6. The molecular weight excluding hydrogens is 701 g/mol. The Kier molecular flexibility index (Phi) is 42.4. The van der Waals surface area contributed by atoms with Gasteiger partial charge in [-0.25, -0.2) is 0 Å². The van der Waals surface area contributed by atoms with Gasteiger partial charge in [0.2, 0.25) is 0 Å². The van der Waals surface area contributed by atoms with Crippen LogP contribution in [0.2, 0.25) is 0 Å². The number of rotatable bonds is 45. The van der Waals surface area contributed by atoms with Gasteiger partial charge >= 0.3 is 11.9 Å². The van der Waals surface area contributed by atoms with Crippen molar-refractivity contribution in [3.8, 4) is 0 Å². The van der Waals surface area contributed by atoms with Crippen molar-refractivity contribution >= 4 is 11.9 Å². The van der Waals surface area contributed by atoms with Crippen LogP contribution in [0.25, 0.3) is 0 Å². The summed E-state index contributed by atoms with van der Waals surface area (Å²) < 4.78 is 11.6. The zero-order valence-corrected chi connectivity index (χ0v) is 37.9. The van der Waals surface area contributed by atoms with E-state index in [1.54, 1.807) is 0 Å². The second-order valence-electron chi connectivity index (χ2n) is 16.8. The summed E-state index contributed by atoms with van der Waals surface area (Å²) >= 11 is 0. The minimum atomic E-state index is 0.0163. The summed E-state index contributed by atoms with van der Waals surface area (Å²) in [6, 6.07) is 0. The van der Waals surface area contributed by atoms with E-state index in [0.717, 1.165) is 116 Å². The maximum atomic E-state index is 13.0. The van der Waals surface area contributed by atoms with Crippen LogP contribution >= 0.6 is 0 Å². The SMILES string of the molecule is CCCCCCCCC(CCCCCC)C(=O)OCCCCCN(CCO)CCN(CCO)CCCCCOC(=O)C(CCCCCC)CCCCCCCC. The first-order valence-electron chi connectivity index (χ1n) is 24.5. The van der Waals surface area contributed by atoms with Crippen LogP contribution in [0.1, 0.15) is 220 Å². The number of esters is 2. The van der Waals surface area contributed by atoms with Crippen LogP contribution < -0.4 is 0 Å². The van der Waals surface area contributed by atoms with Gasteiger partial charge in [0.25, 0.3) is 0 Å². The first kappa shape index (κ1) is 54.8. The summed E-state index contributed by atoms with van der Waals surface area (Å²) in [5.74, 6) is 0.143. The molecule has 2 atom stereocenters. The number of carbonyl (C=O) groups is 2. The first-order chi connectivity index (χ1) is 27.5. The smallest absolute Gasteiger partial charge is 0.308 e. The van der Waals surface area contributed by atoms with Crippen LogP contribution in [-0.2, 0) is 19.1 Å². The van der Waals surface area contributed by atoms with Gasteiger partial charge in [0.05, 0.1) is 38.3 Å². The molecule has 0 spiro atoms. The van der Waals surface area contributed by atoms with Gasteiger partial charge in [0.1, 0.15) is 0 Å². The van der Waals surface area contributed by atoms with Gasteiger partial charge in [-0.3, -0.25) is 19.4 Å². The maximum Gasteiger partial charge on any atom is 0.308 e. The van der Waals surface area contributed by atoms with E-state index < -0.39 is 0 Å². The zero-order chi connectivity index (χ0) is 41.2. The molecule has 0 aliphatic heterocycles. The van der Waals surface area contributed by atoms with Crippen molar-refractivity contribution in [3.05, 3.63) is 0 Å². The van der Waals surface area contributed by atoms with Gasteiger partial charge in [-0.1, -0.05) is 156 Å². The third-order valence-corrected chi connectivity index (χ3v) is 11.6. The van der Waals surface area contributed by atoms with E-state index in [-0.39, 0.29) is 37.0 Å². The van der Waals surface area contributed by atoms with Gasteiger partial charge in [-0.15, -0.1) is 0 Å². The summed E-state index contributed by atoms with van der Waals surface area (Å²) in [5, 5.41) is 19.4. The fourth-order valence-corrected chi connectivity index (χ4v) is 7.78. The van der Waals surface area contributed by atoms with Crippen molar-refractivity contribution in [3.63, 3.8) is 0 Å². The van der Waals surface area contributed by atoms with Crippen LogP contribution in [0.15, 0.2) is 0 Å². The molecule has 2 unspecified atom stereocenters. The van der Waals surface area contributed by atoms with Gasteiger partial charge in [-0.2, -0.15) is 0 Å². The summed E-state index contributed by atoms with van der Waals surface area (Å²) in [5.41, 5.74) is 0. The fraction of sp³-hybridized carbons (Fsp3) is 0.958. The van der Waals surface area contributed by atoms with Crippen molar-refractivity contribution in [2.75, 3.05) is 65.7 Å². The average Bonchev–Trinajstić information content (AvgIpc) is 3.20. The molecule has 56 heavy (non-hydrogen) atoms. The fourth-order valence-electron chi connectivity index (χ4n) is 7.78. The summed E-state index contributed by atoms with van der Waals surface area (Å²) in [6.07, 6.45) is 34.2. The average molecular weight is 797 g/mol. The molecule has 0 aromatic carbocycles. The van der Waals surface area contributed by atoms with Gasteiger partial charge < -0.3 is 19.7 Å². The molecule has 0 aliphatic carbocycles. The molecule has 0 aromatic rings. The molecule has 0 heterocycles. The second kappa shape index (κ2) is 43.4. The van der Waals surface area contributed by atoms with Crippen LogP contribution in [0, 0.1) is 11.8 Å². The molecule has 0 aromatic heterocycles. The van der Waals surface area contributed by atoms with E-state index in [0.29, 0.717) is 26.3 Å². The highest BCUT2D eigenvalue weighted by atomic mass is 16.5. The number of unbranched alkanes of at least 4 members (excludes halogenated alkanes) is 20. The Morgan fingerprint density at radius 3 is 0.982 bits per heavy atom. The molecule has 334 valence electrons. The lowest BCUT2D eigenvalue weighted by atomic mass is 9.94. The highest BCUT2D eigenvalue weighted by Gasteiger charge is 2.20. The minimum absolute atomic E-state index is 0.0163. The van der Waals surface area contributed by atoms with Gasteiger partial charge in [0.15, 0.2) is 0 Å². The topological polar surface area (TPSA) is 99.5 Å². The van der Waals surface area contributed by atoms with E-state index in [1.165, 1.54) is 103 Å². The Balaban J connectivity index is 4.48. The van der Waals surface area contributed by atoms with E-state index in [4.69, 9.17) is 9.47 Å². The Labute approximate surface area is 348 Å². The zero-order valence-electron chi connectivity index (χ0n) is 37.9. The molecule has 0 saturated carbocycles. The van der Waals surface area contributed by atoms with Crippen LogP contribution in [0.4, 0.5) is 0 Å². The van der Waals surface area contributed by atoms with Gasteiger partial charge in [-0.05, 0) is 77.3 Å². The van der Waals surface area contributed by atoms with E-state index in [1.807, 2.05) is 0 Å². The Morgan fingerprint density at radius 1 is 0.375 bits per heavy atom. The Morgan fingerprint density at radius 2 is 0.661 bits per heavy atom. The Bertz CT molecular complexity index is 763. The first-order valence-corrected chi connectivity index (χ1v) is 24.5. The molecule has 0 saturated heterocycles. The molecule has 0 aliphatic rings. The van der Waals surface area contributed by atoms with Crippen LogP contribution in [-0.4, -0.2) is 97.6 Å². The highest BCUT2D eigenvalue weighted by molar-refractivity contribution is 5.72. The molecule has 8 heteroatoms. The van der Waals surface area contributed by atoms with Crippen LogP contribution in [0.3, 0.4) is 0 Å². The number of aliphatic hydroxyl groups is 2. The predicted molar refractivity (Wildman–Crippen MR) is 237 cm³/mol. The third kappa shape index (κ3) is 34.8. The standard InChI is InChI=1S/C48H96N2O6/c1-5-9-13-17-19-25-33-45(31-23-15-11-7-3)47(53)55-43-29-21-27-35-49(39-41-51)37-38-50(40-42-52)36-28-22-30-44-56-48(54)46(32-24-16-12-8-4)34-26-20-18-14-10-6-2/h45-46,51-52H,5-44H2,1-4H3. The van der Waals surface area contributed by atoms with Crippen LogP contribution in [0.5, 0.6) is 0 Å². The number of nitrogens with zero attached hydrogens (tertiary/aromatic N) is 2. The Hall–Kier alpha value is -1.22. The molecule has 8 nitrogen and oxygen atoms in total. The number of hydrogen-bond donors (Lipinski definition) is 2. The second-order valence-corrected chi connectivity index (χ2v) is 16.8. The third-order valence-electron chi connectivity index (χ3n) is 11.6. The summed E-state index contributed by atoms with van der Waals surface area (Å²) in [7, 11) is 0. The molecule has 0 bridgehead atoms. The molecule has 2 N–H and O–H groups in total. The summed E-state index contributed by atoms with van der Waals surface area (Å²) in [4.78, 5) is 30.6. The number of hydrogen-bond acceptors (Lipinski definition) is 8. The molecule has 0 amide bonds. The minimum Gasteiger partial charge on any atom is -0.465 e. The van der Waals surface area contributed by atoms with Crippen molar-refractivity contribution in [1.29, 1.82) is 0 Å². The number of ether oxygens (including phenoxy) is 2. The number of aliphatic hydroxyl groups excluding tert-OH is 2. The maximum absolute atomic E-state index is 13.0. The number of carbonyl (C=O) groups excluding carboxylic acids is 2.